The highest BCUT2D eigenvalue weighted by Gasteiger charge is 2.70. The molecule has 0 radical (unpaired) electrons. The topological polar surface area (TPSA) is 117 Å². The molecule has 9 heteroatoms. The van der Waals surface area contributed by atoms with E-state index in [1.54, 1.807) is 26.2 Å². The number of carboxylic acids is 1. The fraction of sp³-hybridized carbons (Fsp3) is 0.766. The molecule has 0 spiro atoms. The number of fused-ring (bicyclic) bond motifs is 7. The summed E-state index contributed by atoms with van der Waals surface area (Å²) in [4.78, 5) is 61.0. The molecule has 8 atom stereocenters. The van der Waals surface area contributed by atoms with Gasteiger partial charge in [-0.05, 0) is 149 Å². The lowest BCUT2D eigenvalue weighted by Gasteiger charge is -2.72. The lowest BCUT2D eigenvalue weighted by molar-refractivity contribution is -0.233. The van der Waals surface area contributed by atoms with Crippen molar-refractivity contribution >= 4 is 23.6 Å². The molecule has 9 nitrogen and oxygen atoms in total. The molecule has 1 N–H and O–H groups in total. The van der Waals surface area contributed by atoms with Gasteiger partial charge in [0.2, 0.25) is 5.91 Å². The Morgan fingerprint density at radius 3 is 2.23 bits per heavy atom. The van der Waals surface area contributed by atoms with E-state index in [-0.39, 0.29) is 51.4 Å². The molecule has 1 aromatic heterocycles. The Balaban J connectivity index is 1.28. The molecule has 0 aromatic carbocycles. The minimum absolute atomic E-state index is 0.0286. The second-order valence-electron chi connectivity index (χ2n) is 21.3. The first-order valence-corrected chi connectivity index (χ1v) is 21.5. The van der Waals surface area contributed by atoms with Crippen molar-refractivity contribution in [1.82, 2.24) is 14.8 Å². The van der Waals surface area contributed by atoms with Crippen molar-refractivity contribution < 1.29 is 29.0 Å². The third kappa shape index (κ3) is 7.08. The zero-order chi connectivity index (χ0) is 41.2. The number of esters is 1. The van der Waals surface area contributed by atoms with E-state index in [0.717, 1.165) is 68.9 Å². The number of likely N-dealkylation sites (N-methyl/N-ethyl adjacent to an activating group) is 1. The molecule has 0 saturated heterocycles. The zero-order valence-corrected chi connectivity index (χ0v) is 36.4. The number of aromatic nitrogens is 1. The van der Waals surface area contributed by atoms with Crippen molar-refractivity contribution in [3.05, 3.63) is 41.2 Å². The van der Waals surface area contributed by atoms with Gasteiger partial charge in [-0.15, -0.1) is 0 Å². The summed E-state index contributed by atoms with van der Waals surface area (Å²) in [6.45, 7) is 21.3. The van der Waals surface area contributed by atoms with Crippen LogP contribution in [0.3, 0.4) is 0 Å². The Morgan fingerprint density at radius 2 is 1.61 bits per heavy atom. The lowest BCUT2D eigenvalue weighted by Crippen LogP contribution is -2.65. The molecule has 0 aliphatic heterocycles. The minimum Gasteiger partial charge on any atom is -0.481 e. The average molecular weight is 774 g/mol. The van der Waals surface area contributed by atoms with Crippen molar-refractivity contribution in [2.75, 3.05) is 27.2 Å². The van der Waals surface area contributed by atoms with Crippen molar-refractivity contribution in [1.29, 1.82) is 0 Å². The number of allylic oxidation sites excluding steroid dienone is 2. The van der Waals surface area contributed by atoms with E-state index in [2.05, 4.69) is 53.5 Å². The molecule has 1 amide bonds. The number of Topliss-reactive ketones (excluding diaryl/α,β-unsaturated/α-hetero) is 1. The van der Waals surface area contributed by atoms with Crippen molar-refractivity contribution in [2.24, 2.45) is 56.2 Å². The number of hydrogen-bond acceptors (Lipinski definition) is 7. The fourth-order valence-corrected chi connectivity index (χ4v) is 13.6. The van der Waals surface area contributed by atoms with Crippen LogP contribution in [0.15, 0.2) is 35.7 Å². The molecule has 6 rings (SSSR count). The number of ether oxygens (including phenoxy) is 1. The molecule has 0 bridgehead atoms. The molecule has 5 aliphatic carbocycles. The van der Waals surface area contributed by atoms with Crippen LogP contribution in [0.5, 0.6) is 0 Å². The minimum atomic E-state index is -1.17. The van der Waals surface area contributed by atoms with Gasteiger partial charge in [0.15, 0.2) is 5.78 Å². The van der Waals surface area contributed by atoms with Gasteiger partial charge in [0.05, 0.1) is 18.4 Å². The Bertz CT molecular complexity index is 1730. The Morgan fingerprint density at radius 1 is 0.929 bits per heavy atom. The van der Waals surface area contributed by atoms with Crippen LogP contribution in [0.1, 0.15) is 139 Å². The average Bonchev–Trinajstić information content (AvgIpc) is 3.40. The predicted molar refractivity (Wildman–Crippen MR) is 218 cm³/mol. The van der Waals surface area contributed by atoms with E-state index in [1.165, 1.54) is 5.57 Å². The second-order valence-corrected chi connectivity index (χ2v) is 21.3. The number of aliphatic carboxylic acids is 1. The van der Waals surface area contributed by atoms with Crippen LogP contribution in [-0.2, 0) is 30.5 Å². The number of ketones is 1. The number of nitrogens with zero attached hydrogens (tertiary/aromatic N) is 3. The van der Waals surface area contributed by atoms with Crippen LogP contribution in [0, 0.1) is 56.2 Å². The number of amides is 1. The third-order valence-electron chi connectivity index (χ3n) is 16.7. The molecule has 0 unspecified atom stereocenters. The molecule has 56 heavy (non-hydrogen) atoms. The summed E-state index contributed by atoms with van der Waals surface area (Å²) in [6.07, 6.45) is 12.7. The molecule has 310 valence electrons. The maximum absolute atomic E-state index is 14.3. The highest BCUT2D eigenvalue weighted by atomic mass is 16.5. The van der Waals surface area contributed by atoms with Crippen LogP contribution in [0.25, 0.3) is 0 Å². The summed E-state index contributed by atoms with van der Waals surface area (Å²) in [5, 5.41) is 9.64. The van der Waals surface area contributed by atoms with E-state index < -0.39 is 17.4 Å². The SMILES string of the molecule is CC(C)C1=C2[C@H]3CC[C@@H]4[C@@]5(C)CC[C@H](OC(=O)CC(C)(C)C(=O)O)C(C)(C)[C@@H]5CC[C@@]4(C)[C@]3(C)CC[C@@]2(CCN(Cc2ccncc2)C(=O)CN(C)C)CC1=O. The van der Waals surface area contributed by atoms with Gasteiger partial charge in [-0.1, -0.05) is 54.0 Å². The van der Waals surface area contributed by atoms with E-state index in [0.29, 0.717) is 49.6 Å². The highest BCUT2D eigenvalue weighted by Crippen LogP contribution is 2.77. The van der Waals surface area contributed by atoms with E-state index in [1.807, 2.05) is 36.0 Å². The number of rotatable bonds is 12. The second kappa shape index (κ2) is 14.9. The number of hydrogen-bond donors (Lipinski definition) is 1. The van der Waals surface area contributed by atoms with Gasteiger partial charge in [-0.3, -0.25) is 24.2 Å². The van der Waals surface area contributed by atoms with Crippen molar-refractivity contribution in [3.63, 3.8) is 0 Å². The van der Waals surface area contributed by atoms with Crippen LogP contribution in [0.4, 0.5) is 0 Å². The monoisotopic (exact) mass is 774 g/mol. The summed E-state index contributed by atoms with van der Waals surface area (Å²) < 4.78 is 6.19. The van der Waals surface area contributed by atoms with Crippen LogP contribution in [0.2, 0.25) is 0 Å². The van der Waals surface area contributed by atoms with Crippen molar-refractivity contribution in [2.45, 2.75) is 146 Å². The van der Waals surface area contributed by atoms with Gasteiger partial charge < -0.3 is 19.6 Å². The Hall–Kier alpha value is -3.07. The number of carboxylic acid groups (broad SMARTS) is 1. The quantitative estimate of drug-likeness (QED) is 0.210. The molecule has 4 saturated carbocycles. The van der Waals surface area contributed by atoms with Crippen LogP contribution < -0.4 is 0 Å². The normalized spacial score (nSPS) is 35.1. The molecule has 1 aromatic rings. The molecule has 5 aliphatic rings. The Kier molecular flexibility index (Phi) is 11.4. The fourth-order valence-electron chi connectivity index (χ4n) is 13.6. The van der Waals surface area contributed by atoms with Gasteiger partial charge >= 0.3 is 11.9 Å². The van der Waals surface area contributed by atoms with Gasteiger partial charge in [0.25, 0.3) is 0 Å². The predicted octanol–water partition coefficient (Wildman–Crippen LogP) is 8.76. The standard InChI is InChI=1S/C47H71N3O6/c1-30(2)39-33(51)26-47(22-25-50(37(52)29-49(10)11)28-31-16-23-48-24-17-31)21-20-45(8)32(40(39)47)12-13-35-44(7)18-15-36(56-38(53)27-42(3,4)41(54)55)43(5,6)34(44)14-19-46(35,45)9/h16-17,23-24,30,32,34-36H,12-15,18-22,25-29H2,1-11H3,(H,54,55)/t32-,34+,35-,36+,44+,45-,46-,47-/m1/s1. The molecule has 1 heterocycles. The molecular formula is C47H71N3O6. The number of carbonyl (C=O) groups is 4. The highest BCUT2D eigenvalue weighted by molar-refractivity contribution is 6.00. The summed E-state index contributed by atoms with van der Waals surface area (Å²) >= 11 is 0. The number of pyridine rings is 1. The van der Waals surface area contributed by atoms with E-state index in [9.17, 15) is 24.3 Å². The van der Waals surface area contributed by atoms with E-state index >= 15 is 0 Å². The smallest absolute Gasteiger partial charge is 0.309 e. The van der Waals surface area contributed by atoms with Gasteiger partial charge in [0, 0.05) is 42.7 Å². The third-order valence-corrected chi connectivity index (χ3v) is 16.7. The van der Waals surface area contributed by atoms with Crippen LogP contribution in [-0.4, -0.2) is 76.8 Å². The first kappa shape index (κ1) is 42.5. The summed E-state index contributed by atoms with van der Waals surface area (Å²) in [5.41, 5.74) is 2.14. The molecular weight excluding hydrogens is 703 g/mol. The largest absolute Gasteiger partial charge is 0.481 e. The maximum atomic E-state index is 14.3. The maximum Gasteiger partial charge on any atom is 0.309 e. The van der Waals surface area contributed by atoms with Gasteiger partial charge in [-0.25, -0.2) is 0 Å². The van der Waals surface area contributed by atoms with Crippen LogP contribution >= 0.6 is 0 Å². The zero-order valence-electron chi connectivity index (χ0n) is 36.4. The van der Waals surface area contributed by atoms with Gasteiger partial charge in [0.1, 0.15) is 6.10 Å². The lowest BCUT2D eigenvalue weighted by atomic mass is 9.33. The summed E-state index contributed by atoms with van der Waals surface area (Å²) in [7, 11) is 3.87. The van der Waals surface area contributed by atoms with Gasteiger partial charge in [-0.2, -0.15) is 0 Å². The number of carbonyl (C=O) groups excluding carboxylic acids is 3. The Labute approximate surface area is 336 Å². The first-order chi connectivity index (χ1) is 26.0. The first-order valence-electron chi connectivity index (χ1n) is 21.5. The summed E-state index contributed by atoms with van der Waals surface area (Å²) in [6, 6.07) is 3.97. The van der Waals surface area contributed by atoms with E-state index in [4.69, 9.17) is 4.74 Å². The summed E-state index contributed by atoms with van der Waals surface area (Å²) in [5.74, 6) is 0.391. The van der Waals surface area contributed by atoms with Crippen molar-refractivity contribution in [3.8, 4) is 0 Å². The molecule has 4 fully saturated rings.